The zero-order valence-corrected chi connectivity index (χ0v) is 17.7. The number of fused-ring (bicyclic) bond motifs is 5. The van der Waals surface area contributed by atoms with Crippen LogP contribution in [0, 0.1) is 0 Å². The summed E-state index contributed by atoms with van der Waals surface area (Å²) in [5.74, 6) is -0.915. The molecule has 0 aliphatic carbocycles. The number of piperidine rings is 1. The number of rotatable bonds is 6. The lowest BCUT2D eigenvalue weighted by Gasteiger charge is -2.38. The molecular formula is C21H30BrNO4. The van der Waals surface area contributed by atoms with E-state index in [1.165, 1.54) is 12.8 Å². The van der Waals surface area contributed by atoms with E-state index < -0.39 is 5.92 Å². The van der Waals surface area contributed by atoms with Gasteiger partial charge in [-0.1, -0.05) is 59.6 Å². The number of carbonyl (C=O) groups excluding carboxylic acids is 1. The Hall–Kier alpha value is -0.950. The molecule has 3 fully saturated rings. The summed E-state index contributed by atoms with van der Waals surface area (Å²) in [7, 11) is 2.13. The van der Waals surface area contributed by atoms with E-state index in [1.807, 2.05) is 30.3 Å². The zero-order chi connectivity index (χ0) is 19.4. The highest BCUT2D eigenvalue weighted by molar-refractivity contribution is 9.09. The largest absolute Gasteiger partial charge is 0.462 e. The van der Waals surface area contributed by atoms with E-state index in [4.69, 9.17) is 9.47 Å². The van der Waals surface area contributed by atoms with Gasteiger partial charge in [-0.2, -0.15) is 0 Å². The van der Waals surface area contributed by atoms with E-state index in [1.54, 1.807) is 0 Å². The van der Waals surface area contributed by atoms with Gasteiger partial charge in [0.05, 0.1) is 6.61 Å². The number of unbranched alkanes of at least 4 members (excludes halogenated alkanes) is 1. The highest BCUT2D eigenvalue weighted by Gasteiger charge is 2.62. The van der Waals surface area contributed by atoms with E-state index in [2.05, 4.69) is 34.8 Å². The molecule has 4 rings (SSSR count). The van der Waals surface area contributed by atoms with Crippen molar-refractivity contribution in [2.75, 3.05) is 19.0 Å². The number of alkyl halides is 1. The van der Waals surface area contributed by atoms with Gasteiger partial charge in [-0.3, -0.25) is 9.69 Å². The number of aliphatic hydroxyl groups is 1. The van der Waals surface area contributed by atoms with Crippen LogP contribution >= 0.6 is 15.9 Å². The summed E-state index contributed by atoms with van der Waals surface area (Å²) in [5.41, 5.74) is 0.803. The molecule has 27 heavy (non-hydrogen) atoms. The Balaban J connectivity index is 0.000000376. The van der Waals surface area contributed by atoms with E-state index >= 15 is 0 Å². The number of hydrogen-bond acceptors (Lipinski definition) is 5. The summed E-state index contributed by atoms with van der Waals surface area (Å²) in [6, 6.07) is 10.1. The van der Waals surface area contributed by atoms with Crippen molar-refractivity contribution in [1.29, 1.82) is 0 Å². The molecule has 1 aromatic rings. The van der Waals surface area contributed by atoms with Gasteiger partial charge in [0.1, 0.15) is 24.2 Å². The SMILES string of the molecule is CCCCBr.CN1C2CC(OC(=O)[C@H](CO)c3ccccc3)CC1C1OC12. The molecule has 0 amide bonds. The summed E-state index contributed by atoms with van der Waals surface area (Å²) in [6.45, 7) is 1.96. The zero-order valence-electron chi connectivity index (χ0n) is 16.1. The van der Waals surface area contributed by atoms with Crippen LogP contribution in [-0.2, 0) is 14.3 Å². The third-order valence-electron chi connectivity index (χ3n) is 5.81. The lowest BCUT2D eigenvalue weighted by atomic mass is 9.97. The molecule has 5 nitrogen and oxygen atoms in total. The van der Waals surface area contributed by atoms with E-state index in [9.17, 15) is 9.90 Å². The molecule has 2 bridgehead atoms. The molecule has 3 aliphatic heterocycles. The van der Waals surface area contributed by atoms with Crippen molar-refractivity contribution in [3.05, 3.63) is 35.9 Å². The number of likely N-dealkylation sites (N-methyl/N-ethyl adjacent to an activating group) is 1. The second-order valence-corrected chi connectivity index (χ2v) is 8.38. The molecule has 3 heterocycles. The number of ether oxygens (including phenoxy) is 2. The smallest absolute Gasteiger partial charge is 0.316 e. The van der Waals surface area contributed by atoms with Gasteiger partial charge in [0.2, 0.25) is 0 Å². The number of morpholine rings is 1. The van der Waals surface area contributed by atoms with Gasteiger partial charge in [-0.05, 0) is 19.0 Å². The predicted octanol–water partition coefficient (Wildman–Crippen LogP) is 3.10. The number of nitrogens with zero attached hydrogens (tertiary/aromatic N) is 1. The molecule has 0 radical (unpaired) electrons. The van der Waals surface area contributed by atoms with Crippen LogP contribution in [-0.4, -0.2) is 65.4 Å². The third kappa shape index (κ3) is 4.73. The van der Waals surface area contributed by atoms with Crippen molar-refractivity contribution in [3.8, 4) is 0 Å². The van der Waals surface area contributed by atoms with Crippen molar-refractivity contribution in [1.82, 2.24) is 4.90 Å². The topological polar surface area (TPSA) is 62.3 Å². The molecule has 0 aromatic heterocycles. The van der Waals surface area contributed by atoms with Crippen molar-refractivity contribution in [2.24, 2.45) is 0 Å². The molecule has 3 aliphatic rings. The molecule has 150 valence electrons. The van der Waals surface area contributed by atoms with Crippen molar-refractivity contribution >= 4 is 21.9 Å². The predicted molar refractivity (Wildman–Crippen MR) is 108 cm³/mol. The first-order valence-corrected chi connectivity index (χ1v) is 11.0. The normalized spacial score (nSPS) is 32.1. The molecule has 4 unspecified atom stereocenters. The van der Waals surface area contributed by atoms with Crippen molar-refractivity contribution in [2.45, 2.75) is 68.9 Å². The highest BCUT2D eigenvalue weighted by atomic mass is 79.9. The number of esters is 1. The molecule has 5 atom stereocenters. The van der Waals surface area contributed by atoms with Crippen LogP contribution in [0.15, 0.2) is 30.3 Å². The summed E-state index contributed by atoms with van der Waals surface area (Å²) in [4.78, 5) is 14.8. The highest BCUT2D eigenvalue weighted by Crippen LogP contribution is 2.48. The van der Waals surface area contributed by atoms with Crippen LogP contribution in [0.4, 0.5) is 0 Å². The number of aliphatic hydroxyl groups excluding tert-OH is 1. The average molecular weight is 440 g/mol. The fraction of sp³-hybridized carbons (Fsp3) is 0.667. The van der Waals surface area contributed by atoms with Gasteiger partial charge < -0.3 is 14.6 Å². The summed E-state index contributed by atoms with van der Waals surface area (Å²) < 4.78 is 11.4. The lowest BCUT2D eigenvalue weighted by molar-refractivity contribution is -0.156. The second-order valence-electron chi connectivity index (χ2n) is 7.58. The number of halogens is 1. The molecule has 6 heteroatoms. The first-order valence-electron chi connectivity index (χ1n) is 9.90. The minimum atomic E-state index is -0.593. The maximum atomic E-state index is 12.4. The fourth-order valence-corrected chi connectivity index (χ4v) is 4.74. The Bertz CT molecular complexity index is 593. The summed E-state index contributed by atoms with van der Waals surface area (Å²) in [5, 5.41) is 10.7. The average Bonchev–Trinajstić information content (AvgIpc) is 3.43. The molecular weight excluding hydrogens is 410 g/mol. The molecule has 0 spiro atoms. The maximum absolute atomic E-state index is 12.4. The van der Waals surface area contributed by atoms with Gasteiger partial charge in [0.15, 0.2) is 0 Å². The Morgan fingerprint density at radius 3 is 2.41 bits per heavy atom. The number of epoxide rings is 1. The van der Waals surface area contributed by atoms with Crippen LogP contribution in [0.2, 0.25) is 0 Å². The van der Waals surface area contributed by atoms with Crippen LogP contribution < -0.4 is 0 Å². The standard InChI is InChI=1S/C17H21NO4.C4H9Br/c1-18-13-7-11(8-14(18)16-15(13)22-16)21-17(20)12(9-19)10-5-3-2-4-6-10;1-2-3-4-5/h2-6,11-16,19H,7-9H2,1H3;2-4H2,1H3/t11?,12-,13?,14?,15?,16?;/m1./s1. The monoisotopic (exact) mass is 439 g/mol. The first-order chi connectivity index (χ1) is 13.1. The Kier molecular flexibility index (Phi) is 7.31. The quantitative estimate of drug-likeness (QED) is 0.419. The minimum Gasteiger partial charge on any atom is -0.462 e. The van der Waals surface area contributed by atoms with E-state index in [0.717, 1.165) is 23.7 Å². The lowest BCUT2D eigenvalue weighted by Crippen LogP contribution is -2.48. The van der Waals surface area contributed by atoms with Crippen molar-refractivity contribution < 1.29 is 19.4 Å². The van der Waals surface area contributed by atoms with Gasteiger partial charge in [0, 0.05) is 30.3 Å². The minimum absolute atomic E-state index is 0.0622. The maximum Gasteiger partial charge on any atom is 0.316 e. The van der Waals surface area contributed by atoms with Gasteiger partial charge in [0.25, 0.3) is 0 Å². The second kappa shape index (κ2) is 9.50. The Morgan fingerprint density at radius 2 is 1.93 bits per heavy atom. The summed E-state index contributed by atoms with van der Waals surface area (Å²) in [6.07, 6.45) is 4.86. The number of hydrogen-bond donors (Lipinski definition) is 1. The molecule has 3 saturated heterocycles. The van der Waals surface area contributed by atoms with Gasteiger partial charge in [-0.25, -0.2) is 0 Å². The van der Waals surface area contributed by atoms with Crippen LogP contribution in [0.5, 0.6) is 0 Å². The molecule has 1 N–H and O–H groups in total. The first kappa shape index (κ1) is 20.8. The fourth-order valence-electron chi connectivity index (χ4n) is 4.18. The third-order valence-corrected chi connectivity index (χ3v) is 6.37. The van der Waals surface area contributed by atoms with Crippen LogP contribution in [0.25, 0.3) is 0 Å². The molecule has 1 aromatic carbocycles. The van der Waals surface area contributed by atoms with E-state index in [0.29, 0.717) is 24.3 Å². The van der Waals surface area contributed by atoms with Crippen LogP contribution in [0.3, 0.4) is 0 Å². The number of carbonyl (C=O) groups is 1. The van der Waals surface area contributed by atoms with Crippen LogP contribution in [0.1, 0.15) is 44.1 Å². The summed E-state index contributed by atoms with van der Waals surface area (Å²) >= 11 is 3.31. The van der Waals surface area contributed by atoms with Crippen molar-refractivity contribution in [3.63, 3.8) is 0 Å². The van der Waals surface area contributed by atoms with Gasteiger partial charge in [-0.15, -0.1) is 0 Å². The Labute approximate surface area is 170 Å². The van der Waals surface area contributed by atoms with Gasteiger partial charge >= 0.3 is 5.97 Å². The molecule has 0 saturated carbocycles. The number of benzene rings is 1. The Morgan fingerprint density at radius 1 is 1.30 bits per heavy atom. The van der Waals surface area contributed by atoms with E-state index in [-0.39, 0.29) is 18.7 Å².